The van der Waals surface area contributed by atoms with Crippen LogP contribution in [-0.4, -0.2) is 24.4 Å². The summed E-state index contributed by atoms with van der Waals surface area (Å²) in [6.45, 7) is 0.874. The Bertz CT molecular complexity index is 341. The number of ether oxygens (including phenoxy) is 1. The number of hydrogen-bond donors (Lipinski definition) is 3. The summed E-state index contributed by atoms with van der Waals surface area (Å²) in [6, 6.07) is 5.85. The zero-order chi connectivity index (χ0) is 10.7. The van der Waals surface area contributed by atoms with E-state index in [4.69, 9.17) is 15.6 Å². The fourth-order valence-corrected chi connectivity index (χ4v) is 1.73. The molecule has 1 unspecified atom stereocenters. The van der Waals surface area contributed by atoms with E-state index in [9.17, 15) is 0 Å². The van der Waals surface area contributed by atoms with Crippen molar-refractivity contribution in [2.45, 2.75) is 18.9 Å². The summed E-state index contributed by atoms with van der Waals surface area (Å²) in [5.74, 6) is 0.851. The number of nitrogens with one attached hydrogen (secondary N) is 1. The third-order valence-electron chi connectivity index (χ3n) is 2.51. The fraction of sp³-hybridized carbons (Fsp3) is 0.455. The van der Waals surface area contributed by atoms with Gasteiger partial charge in [-0.05, 0) is 31.0 Å². The molecule has 0 amide bonds. The molecule has 0 spiro atoms. The van der Waals surface area contributed by atoms with Gasteiger partial charge in [0.1, 0.15) is 12.4 Å². The van der Waals surface area contributed by atoms with Crippen LogP contribution in [0.25, 0.3) is 0 Å². The summed E-state index contributed by atoms with van der Waals surface area (Å²) in [5, 5.41) is 12.1. The molecule has 4 nitrogen and oxygen atoms in total. The average Bonchev–Trinajstić information content (AvgIpc) is 2.25. The molecule has 1 aliphatic heterocycles. The van der Waals surface area contributed by atoms with Crippen molar-refractivity contribution in [1.29, 1.82) is 0 Å². The van der Waals surface area contributed by atoms with Crippen LogP contribution < -0.4 is 15.8 Å². The molecule has 1 aromatic carbocycles. The molecule has 0 aliphatic carbocycles. The fourth-order valence-electron chi connectivity index (χ4n) is 1.73. The quantitative estimate of drug-likeness (QED) is 0.653. The molecule has 1 atom stereocenters. The molecule has 0 fully saturated rings. The van der Waals surface area contributed by atoms with E-state index in [0.717, 1.165) is 30.0 Å². The Balaban J connectivity index is 2.05. The first-order chi connectivity index (χ1) is 7.29. The van der Waals surface area contributed by atoms with Crippen LogP contribution in [0.3, 0.4) is 0 Å². The van der Waals surface area contributed by atoms with Gasteiger partial charge in [-0.1, -0.05) is 0 Å². The number of aliphatic hydroxyl groups is 1. The van der Waals surface area contributed by atoms with E-state index in [0.29, 0.717) is 6.61 Å². The van der Waals surface area contributed by atoms with Crippen LogP contribution in [0.5, 0.6) is 5.75 Å². The van der Waals surface area contributed by atoms with Gasteiger partial charge in [-0.25, -0.2) is 0 Å². The number of rotatable bonds is 3. The third kappa shape index (κ3) is 2.33. The summed E-state index contributed by atoms with van der Waals surface area (Å²) in [6.07, 6.45) is 1.70. The van der Waals surface area contributed by atoms with Gasteiger partial charge in [-0.15, -0.1) is 0 Å². The molecular weight excluding hydrogens is 192 g/mol. The summed E-state index contributed by atoms with van der Waals surface area (Å²) in [7, 11) is 0. The lowest BCUT2D eigenvalue weighted by Gasteiger charge is -2.27. The van der Waals surface area contributed by atoms with Crippen molar-refractivity contribution in [3.05, 3.63) is 18.2 Å². The normalized spacial score (nSPS) is 18.9. The first kappa shape index (κ1) is 10.1. The van der Waals surface area contributed by atoms with Crippen LogP contribution in [0.4, 0.5) is 11.4 Å². The van der Waals surface area contributed by atoms with E-state index in [2.05, 4.69) is 5.32 Å². The molecule has 0 saturated heterocycles. The van der Waals surface area contributed by atoms with Gasteiger partial charge in [0.2, 0.25) is 0 Å². The summed E-state index contributed by atoms with van der Waals surface area (Å²) in [5.41, 5.74) is 7.37. The lowest BCUT2D eigenvalue weighted by molar-refractivity contribution is 0.249. The highest BCUT2D eigenvalue weighted by atomic mass is 16.5. The maximum Gasteiger partial charge on any atom is 0.142 e. The molecule has 4 N–H and O–H groups in total. The Labute approximate surface area is 89.0 Å². The van der Waals surface area contributed by atoms with Gasteiger partial charge in [-0.3, -0.25) is 0 Å². The van der Waals surface area contributed by atoms with Crippen molar-refractivity contribution in [1.82, 2.24) is 0 Å². The second-order valence-corrected chi connectivity index (χ2v) is 3.77. The van der Waals surface area contributed by atoms with Gasteiger partial charge in [0.05, 0.1) is 11.7 Å². The zero-order valence-electron chi connectivity index (χ0n) is 8.57. The Morgan fingerprint density at radius 1 is 1.53 bits per heavy atom. The minimum Gasteiger partial charge on any atom is -0.489 e. The second-order valence-electron chi connectivity index (χ2n) is 3.77. The van der Waals surface area contributed by atoms with Gasteiger partial charge in [0.25, 0.3) is 0 Å². The van der Waals surface area contributed by atoms with Crippen LogP contribution in [0.15, 0.2) is 18.2 Å². The summed E-state index contributed by atoms with van der Waals surface area (Å²) in [4.78, 5) is 0. The number of benzene rings is 1. The number of aliphatic hydroxyl groups excluding tert-OH is 1. The molecule has 15 heavy (non-hydrogen) atoms. The predicted molar refractivity (Wildman–Crippen MR) is 60.1 cm³/mol. The Morgan fingerprint density at radius 3 is 3.20 bits per heavy atom. The first-order valence-corrected chi connectivity index (χ1v) is 5.19. The molecule has 0 radical (unpaired) electrons. The molecule has 82 valence electrons. The van der Waals surface area contributed by atoms with E-state index in [1.54, 1.807) is 0 Å². The molecule has 1 heterocycles. The SMILES string of the molecule is Nc1ccc2c(c1)NC(CCCO)CO2. The van der Waals surface area contributed by atoms with Crippen LogP contribution in [0, 0.1) is 0 Å². The highest BCUT2D eigenvalue weighted by Gasteiger charge is 2.18. The van der Waals surface area contributed by atoms with Gasteiger partial charge in [0, 0.05) is 12.3 Å². The number of fused-ring (bicyclic) bond motifs is 1. The third-order valence-corrected chi connectivity index (χ3v) is 2.51. The van der Waals surface area contributed by atoms with E-state index in [-0.39, 0.29) is 12.6 Å². The monoisotopic (exact) mass is 208 g/mol. The molecule has 2 rings (SSSR count). The first-order valence-electron chi connectivity index (χ1n) is 5.19. The largest absolute Gasteiger partial charge is 0.489 e. The minimum absolute atomic E-state index is 0.224. The van der Waals surface area contributed by atoms with Gasteiger partial charge >= 0.3 is 0 Å². The summed E-state index contributed by atoms with van der Waals surface area (Å²) < 4.78 is 5.59. The maximum atomic E-state index is 8.75. The van der Waals surface area contributed by atoms with E-state index >= 15 is 0 Å². The predicted octanol–water partition coefficient (Wildman–Crippen LogP) is 1.21. The molecular formula is C11H16N2O2. The van der Waals surface area contributed by atoms with Gasteiger partial charge < -0.3 is 20.9 Å². The smallest absolute Gasteiger partial charge is 0.142 e. The zero-order valence-corrected chi connectivity index (χ0v) is 8.57. The van der Waals surface area contributed by atoms with Crippen molar-refractivity contribution in [2.24, 2.45) is 0 Å². The Kier molecular flexibility index (Phi) is 2.97. The van der Waals surface area contributed by atoms with E-state index in [1.165, 1.54) is 0 Å². The van der Waals surface area contributed by atoms with Gasteiger partial charge in [-0.2, -0.15) is 0 Å². The summed E-state index contributed by atoms with van der Waals surface area (Å²) >= 11 is 0. The average molecular weight is 208 g/mol. The van der Waals surface area contributed by atoms with Crippen LogP contribution in [0.1, 0.15) is 12.8 Å². The topological polar surface area (TPSA) is 67.5 Å². The molecule has 0 aromatic heterocycles. The van der Waals surface area contributed by atoms with Gasteiger partial charge in [0.15, 0.2) is 0 Å². The van der Waals surface area contributed by atoms with Crippen molar-refractivity contribution in [3.63, 3.8) is 0 Å². The lowest BCUT2D eigenvalue weighted by atomic mass is 10.1. The number of nitrogens with two attached hydrogens (primary N) is 1. The van der Waals surface area contributed by atoms with Crippen molar-refractivity contribution < 1.29 is 9.84 Å². The van der Waals surface area contributed by atoms with Crippen molar-refractivity contribution >= 4 is 11.4 Å². The lowest BCUT2D eigenvalue weighted by Crippen LogP contribution is -2.31. The molecule has 4 heteroatoms. The van der Waals surface area contributed by atoms with Crippen molar-refractivity contribution in [2.75, 3.05) is 24.3 Å². The molecule has 1 aromatic rings. The standard InChI is InChI=1S/C11H16N2O2/c12-8-3-4-11-10(6-8)13-9(7-15-11)2-1-5-14/h3-4,6,9,13-14H,1-2,5,7,12H2. The Morgan fingerprint density at radius 2 is 2.40 bits per heavy atom. The van der Waals surface area contributed by atoms with Crippen LogP contribution in [-0.2, 0) is 0 Å². The van der Waals surface area contributed by atoms with Crippen LogP contribution >= 0.6 is 0 Å². The Hall–Kier alpha value is -1.42. The molecule has 1 aliphatic rings. The second kappa shape index (κ2) is 4.40. The number of nitrogen functional groups attached to an aromatic ring is 1. The van der Waals surface area contributed by atoms with Crippen molar-refractivity contribution in [3.8, 4) is 5.75 Å². The molecule has 0 bridgehead atoms. The highest BCUT2D eigenvalue weighted by Crippen LogP contribution is 2.31. The maximum absolute atomic E-state index is 8.75. The van der Waals surface area contributed by atoms with E-state index < -0.39 is 0 Å². The minimum atomic E-state index is 0.224. The van der Waals surface area contributed by atoms with E-state index in [1.807, 2.05) is 18.2 Å². The highest BCUT2D eigenvalue weighted by molar-refractivity contribution is 5.64. The number of hydrogen-bond acceptors (Lipinski definition) is 4. The number of anilines is 2. The van der Waals surface area contributed by atoms with Crippen LogP contribution in [0.2, 0.25) is 0 Å². The molecule has 0 saturated carbocycles.